The lowest BCUT2D eigenvalue weighted by Gasteiger charge is -2.08. The number of rotatable bonds is 9. The molecule has 0 aliphatic heterocycles. The number of hydrogen-bond acceptors (Lipinski definition) is 4. The van der Waals surface area contributed by atoms with Gasteiger partial charge in [-0.2, -0.15) is 4.98 Å². The van der Waals surface area contributed by atoms with Crippen LogP contribution in [0.15, 0.2) is 6.07 Å². The van der Waals surface area contributed by atoms with Crippen molar-refractivity contribution in [2.24, 2.45) is 0 Å². The van der Waals surface area contributed by atoms with E-state index in [9.17, 15) is 0 Å². The van der Waals surface area contributed by atoms with E-state index in [1.165, 1.54) is 25.7 Å². The van der Waals surface area contributed by atoms with E-state index in [0.29, 0.717) is 5.88 Å². The van der Waals surface area contributed by atoms with Crippen LogP contribution in [-0.2, 0) is 0 Å². The largest absolute Gasteiger partial charge is 0.478 e. The Labute approximate surface area is 110 Å². The molecule has 0 aromatic carbocycles. The van der Waals surface area contributed by atoms with Crippen molar-refractivity contribution < 1.29 is 4.74 Å². The zero-order valence-electron chi connectivity index (χ0n) is 11.8. The number of ether oxygens (including phenoxy) is 1. The van der Waals surface area contributed by atoms with Gasteiger partial charge in [-0.25, -0.2) is 4.98 Å². The third-order valence-corrected chi connectivity index (χ3v) is 2.67. The van der Waals surface area contributed by atoms with E-state index in [1.54, 1.807) is 0 Å². The van der Waals surface area contributed by atoms with Crippen molar-refractivity contribution >= 4 is 5.82 Å². The third kappa shape index (κ3) is 5.84. The predicted octanol–water partition coefficient (Wildman–Crippen LogP) is 3.57. The van der Waals surface area contributed by atoms with Crippen LogP contribution in [0.5, 0.6) is 5.88 Å². The lowest BCUT2D eigenvalue weighted by molar-refractivity contribution is 0.292. The summed E-state index contributed by atoms with van der Waals surface area (Å²) >= 11 is 0. The Balaban J connectivity index is 2.32. The number of nitrogens with one attached hydrogen (secondary N) is 1. The Morgan fingerprint density at radius 2 is 1.89 bits per heavy atom. The molecule has 1 aromatic heterocycles. The average Bonchev–Trinajstić information content (AvgIpc) is 2.33. The normalized spacial score (nSPS) is 10.4. The van der Waals surface area contributed by atoms with Crippen LogP contribution in [0, 0.1) is 6.92 Å². The van der Waals surface area contributed by atoms with Crippen LogP contribution < -0.4 is 10.1 Å². The standard InChI is InChI=1S/C14H25N3O/c1-4-6-7-8-9-10-18-14-11-13(15-5-2)16-12(3)17-14/h11H,4-10H2,1-3H3,(H,15,16,17). The van der Waals surface area contributed by atoms with Crippen molar-refractivity contribution in [2.75, 3.05) is 18.5 Å². The number of hydrogen-bond donors (Lipinski definition) is 1. The van der Waals surface area contributed by atoms with Gasteiger partial charge in [0, 0.05) is 12.6 Å². The lowest BCUT2D eigenvalue weighted by atomic mass is 10.2. The van der Waals surface area contributed by atoms with Crippen LogP contribution in [0.1, 0.15) is 51.8 Å². The van der Waals surface area contributed by atoms with Gasteiger partial charge in [-0.15, -0.1) is 0 Å². The maximum absolute atomic E-state index is 5.66. The van der Waals surface area contributed by atoms with Gasteiger partial charge in [-0.3, -0.25) is 0 Å². The zero-order valence-corrected chi connectivity index (χ0v) is 11.8. The number of aryl methyl sites for hydroxylation is 1. The van der Waals surface area contributed by atoms with Crippen LogP contribution >= 0.6 is 0 Å². The number of anilines is 1. The molecule has 0 saturated carbocycles. The van der Waals surface area contributed by atoms with Gasteiger partial charge in [0.05, 0.1) is 6.61 Å². The monoisotopic (exact) mass is 251 g/mol. The Morgan fingerprint density at radius 1 is 1.11 bits per heavy atom. The number of unbranched alkanes of at least 4 members (excludes halogenated alkanes) is 4. The van der Waals surface area contributed by atoms with E-state index in [0.717, 1.165) is 31.2 Å². The first-order valence-electron chi connectivity index (χ1n) is 6.98. The van der Waals surface area contributed by atoms with E-state index in [2.05, 4.69) is 22.2 Å². The Morgan fingerprint density at radius 3 is 2.61 bits per heavy atom. The maximum Gasteiger partial charge on any atom is 0.218 e. The van der Waals surface area contributed by atoms with Crippen LogP contribution in [0.3, 0.4) is 0 Å². The summed E-state index contributed by atoms with van der Waals surface area (Å²) in [6.07, 6.45) is 6.22. The summed E-state index contributed by atoms with van der Waals surface area (Å²) in [6.45, 7) is 7.75. The van der Waals surface area contributed by atoms with E-state index in [-0.39, 0.29) is 0 Å². The molecule has 0 amide bonds. The molecular weight excluding hydrogens is 226 g/mol. The summed E-state index contributed by atoms with van der Waals surface area (Å²) in [4.78, 5) is 8.57. The second-order valence-corrected chi connectivity index (χ2v) is 4.43. The van der Waals surface area contributed by atoms with Gasteiger partial charge < -0.3 is 10.1 Å². The van der Waals surface area contributed by atoms with E-state index >= 15 is 0 Å². The molecule has 102 valence electrons. The molecular formula is C14H25N3O. The molecule has 0 fully saturated rings. The smallest absolute Gasteiger partial charge is 0.218 e. The molecule has 18 heavy (non-hydrogen) atoms. The first kappa shape index (κ1) is 14.7. The molecule has 0 aliphatic rings. The van der Waals surface area contributed by atoms with Gasteiger partial charge in [0.15, 0.2) is 0 Å². The van der Waals surface area contributed by atoms with Gasteiger partial charge in [0.25, 0.3) is 0 Å². The van der Waals surface area contributed by atoms with Crippen molar-refractivity contribution in [1.82, 2.24) is 9.97 Å². The minimum Gasteiger partial charge on any atom is -0.478 e. The molecule has 4 nitrogen and oxygen atoms in total. The highest BCUT2D eigenvalue weighted by atomic mass is 16.5. The minimum absolute atomic E-state index is 0.675. The van der Waals surface area contributed by atoms with E-state index < -0.39 is 0 Å². The number of nitrogens with zero attached hydrogens (tertiary/aromatic N) is 2. The molecule has 4 heteroatoms. The molecule has 0 bridgehead atoms. The van der Waals surface area contributed by atoms with Crippen molar-refractivity contribution in [1.29, 1.82) is 0 Å². The van der Waals surface area contributed by atoms with Gasteiger partial charge in [0.1, 0.15) is 11.6 Å². The second kappa shape index (κ2) is 8.72. The molecule has 0 unspecified atom stereocenters. The molecule has 0 radical (unpaired) electrons. The van der Waals surface area contributed by atoms with Gasteiger partial charge >= 0.3 is 0 Å². The molecule has 0 atom stereocenters. The highest BCUT2D eigenvalue weighted by Gasteiger charge is 2.01. The Kier molecular flexibility index (Phi) is 7.14. The summed E-state index contributed by atoms with van der Waals surface area (Å²) in [6, 6.07) is 1.86. The fraction of sp³-hybridized carbons (Fsp3) is 0.714. The summed E-state index contributed by atoms with van der Waals surface area (Å²) in [5, 5.41) is 3.18. The first-order chi connectivity index (χ1) is 8.76. The average molecular weight is 251 g/mol. The van der Waals surface area contributed by atoms with Gasteiger partial charge in [-0.1, -0.05) is 32.6 Å². The van der Waals surface area contributed by atoms with E-state index in [4.69, 9.17) is 4.74 Å². The summed E-state index contributed by atoms with van der Waals surface area (Å²) < 4.78 is 5.66. The van der Waals surface area contributed by atoms with Crippen molar-refractivity contribution in [3.63, 3.8) is 0 Å². The van der Waals surface area contributed by atoms with Crippen LogP contribution in [-0.4, -0.2) is 23.1 Å². The maximum atomic E-state index is 5.66. The SMILES string of the molecule is CCCCCCCOc1cc(NCC)nc(C)n1. The molecule has 1 N–H and O–H groups in total. The molecule has 1 rings (SSSR count). The van der Waals surface area contributed by atoms with Crippen LogP contribution in [0.2, 0.25) is 0 Å². The van der Waals surface area contributed by atoms with Gasteiger partial charge in [-0.05, 0) is 20.3 Å². The number of aromatic nitrogens is 2. The van der Waals surface area contributed by atoms with Crippen LogP contribution in [0.4, 0.5) is 5.82 Å². The van der Waals surface area contributed by atoms with E-state index in [1.807, 2.05) is 19.9 Å². The molecule has 0 aliphatic carbocycles. The zero-order chi connectivity index (χ0) is 13.2. The lowest BCUT2D eigenvalue weighted by Crippen LogP contribution is -2.05. The minimum atomic E-state index is 0.675. The predicted molar refractivity (Wildman–Crippen MR) is 75.2 cm³/mol. The molecule has 0 saturated heterocycles. The van der Waals surface area contributed by atoms with Gasteiger partial charge in [0.2, 0.25) is 5.88 Å². The third-order valence-electron chi connectivity index (χ3n) is 2.67. The quantitative estimate of drug-likeness (QED) is 0.682. The van der Waals surface area contributed by atoms with Crippen molar-refractivity contribution in [3.8, 4) is 5.88 Å². The highest BCUT2D eigenvalue weighted by Crippen LogP contribution is 2.13. The Bertz CT molecular complexity index is 342. The molecule has 0 spiro atoms. The topological polar surface area (TPSA) is 47.0 Å². The molecule has 1 aromatic rings. The summed E-state index contributed by atoms with van der Waals surface area (Å²) in [5.74, 6) is 2.26. The highest BCUT2D eigenvalue weighted by molar-refractivity contribution is 5.38. The second-order valence-electron chi connectivity index (χ2n) is 4.43. The Hall–Kier alpha value is -1.32. The summed E-state index contributed by atoms with van der Waals surface area (Å²) in [5.41, 5.74) is 0. The van der Waals surface area contributed by atoms with Crippen molar-refractivity contribution in [2.45, 2.75) is 52.9 Å². The van der Waals surface area contributed by atoms with Crippen molar-refractivity contribution in [3.05, 3.63) is 11.9 Å². The van der Waals surface area contributed by atoms with Crippen LogP contribution in [0.25, 0.3) is 0 Å². The fourth-order valence-corrected chi connectivity index (χ4v) is 1.77. The molecule has 1 heterocycles. The fourth-order valence-electron chi connectivity index (χ4n) is 1.77. The summed E-state index contributed by atoms with van der Waals surface area (Å²) in [7, 11) is 0. The first-order valence-corrected chi connectivity index (χ1v) is 6.98.